The van der Waals surface area contributed by atoms with Gasteiger partial charge >= 0.3 is 42.6 Å². The molecule has 4 aromatic rings. The summed E-state index contributed by atoms with van der Waals surface area (Å²) in [5, 5.41) is 33.1. The van der Waals surface area contributed by atoms with Crippen molar-refractivity contribution in [3.63, 3.8) is 0 Å². The number of unbranched alkanes of at least 4 members (excludes halogenated alkanes) is 1. The fourth-order valence-electron chi connectivity index (χ4n) is 8.79. The molecule has 0 radical (unpaired) electrons. The molecule has 3 aromatic carbocycles. The molecule has 0 bridgehead atoms. The van der Waals surface area contributed by atoms with E-state index in [9.17, 15) is 62.3 Å². The second-order valence-corrected chi connectivity index (χ2v) is 19.7. The van der Waals surface area contributed by atoms with Crippen molar-refractivity contribution in [1.82, 2.24) is 14.7 Å². The van der Waals surface area contributed by atoms with Gasteiger partial charge in [0.15, 0.2) is 17.9 Å². The number of carboxylic acid groups (broad SMARTS) is 4. The monoisotopic (exact) mass is 1240 g/mol. The predicted octanol–water partition coefficient (Wildman–Crippen LogP) is 9.01. The number of carbonyl (C=O) groups excluding carboxylic acids is 3. The van der Waals surface area contributed by atoms with Crippen LogP contribution in [0.5, 0.6) is 0 Å². The van der Waals surface area contributed by atoms with Crippen LogP contribution in [0.25, 0.3) is 12.2 Å². The molecular formula is C57H65F12N7O10. The van der Waals surface area contributed by atoms with E-state index in [2.05, 4.69) is 118 Å². The van der Waals surface area contributed by atoms with Crippen LogP contribution in [0.4, 0.5) is 75.4 Å². The quantitative estimate of drug-likeness (QED) is 0.0401. The minimum absolute atomic E-state index is 0.00347. The Labute approximate surface area is 487 Å². The Morgan fingerprint density at radius 2 is 1.06 bits per heavy atom. The summed E-state index contributed by atoms with van der Waals surface area (Å²) in [5.74, 6) is -10.7. The number of rotatable bonds is 14. The Hall–Kier alpha value is -8.05. The number of anilines is 4. The van der Waals surface area contributed by atoms with Gasteiger partial charge in [0.1, 0.15) is 5.97 Å². The number of aliphatic carboxylic acids is 4. The van der Waals surface area contributed by atoms with E-state index in [0.29, 0.717) is 23.5 Å². The van der Waals surface area contributed by atoms with Crippen molar-refractivity contribution in [2.75, 3.05) is 88.1 Å². The van der Waals surface area contributed by atoms with Crippen molar-refractivity contribution in [1.29, 1.82) is 0 Å². The van der Waals surface area contributed by atoms with Gasteiger partial charge in [-0.3, -0.25) is 24.3 Å². The fourth-order valence-corrected chi connectivity index (χ4v) is 8.79. The Morgan fingerprint density at radius 3 is 1.52 bits per heavy atom. The van der Waals surface area contributed by atoms with Gasteiger partial charge in [-0.2, -0.15) is 57.3 Å². The van der Waals surface area contributed by atoms with Crippen LogP contribution in [0.15, 0.2) is 97.1 Å². The molecular weight excluding hydrogens is 1170 g/mol. The third-order valence-corrected chi connectivity index (χ3v) is 13.2. The van der Waals surface area contributed by atoms with Gasteiger partial charge in [0, 0.05) is 71.9 Å². The number of amides is 2. The van der Waals surface area contributed by atoms with Crippen molar-refractivity contribution in [2.45, 2.75) is 77.2 Å². The first-order valence-corrected chi connectivity index (χ1v) is 26.3. The van der Waals surface area contributed by atoms with Crippen LogP contribution >= 0.6 is 0 Å². The average Bonchev–Trinajstić information content (AvgIpc) is 2.54. The number of likely N-dealkylation sites (tertiary alicyclic amines) is 1. The molecule has 0 atom stereocenters. The molecule has 0 saturated carbocycles. The maximum absolute atomic E-state index is 13.9. The second-order valence-electron chi connectivity index (χ2n) is 19.7. The summed E-state index contributed by atoms with van der Waals surface area (Å²) in [6.07, 6.45) is -5.76. The van der Waals surface area contributed by atoms with Crippen LogP contribution in [-0.4, -0.2) is 163 Å². The summed E-state index contributed by atoms with van der Waals surface area (Å²) in [6.45, 7) is 14.6. The summed E-state index contributed by atoms with van der Waals surface area (Å²) in [6, 6.07) is 28.2. The summed E-state index contributed by atoms with van der Waals surface area (Å²) < 4.78 is 129. The number of aromatic nitrogens is 1. The molecule has 0 spiro atoms. The molecule has 0 aliphatic carbocycles. The first kappa shape index (κ1) is 72.2. The minimum atomic E-state index is -5.19. The van der Waals surface area contributed by atoms with Crippen LogP contribution < -0.4 is 24.8 Å². The fraction of sp³-hybridized carbons (Fsp3) is 0.421. The van der Waals surface area contributed by atoms with Gasteiger partial charge in [-0.1, -0.05) is 73.5 Å². The molecule has 3 aliphatic rings. The van der Waals surface area contributed by atoms with Crippen LogP contribution in [0.3, 0.4) is 0 Å². The molecule has 1 aromatic heterocycles. The summed E-state index contributed by atoms with van der Waals surface area (Å²) in [5.41, 5.74) is 8.82. The molecule has 86 heavy (non-hydrogen) atoms. The number of hydrogen-bond donors (Lipinski definition) is 4. The Balaban J connectivity index is 0.000000570. The number of hydrogen-bond acceptors (Lipinski definition) is 11. The number of piperazine rings is 1. The number of fused-ring (bicyclic) bond motifs is 2. The van der Waals surface area contributed by atoms with E-state index in [4.69, 9.17) is 39.6 Å². The lowest BCUT2D eigenvalue weighted by Crippen LogP contribution is -2.51. The number of carbonyl (C=O) groups is 6. The molecule has 0 unspecified atom stereocenters. The van der Waals surface area contributed by atoms with Crippen LogP contribution in [0, 0.1) is 19.8 Å². The van der Waals surface area contributed by atoms with E-state index < -0.39 is 48.6 Å². The zero-order chi connectivity index (χ0) is 64.7. The minimum Gasteiger partial charge on any atom is -0.542 e. The smallest absolute Gasteiger partial charge is 0.490 e. The van der Waals surface area contributed by atoms with Gasteiger partial charge in [0.25, 0.3) is 5.91 Å². The molecule has 4 N–H and O–H groups in total. The highest BCUT2D eigenvalue weighted by atomic mass is 19.4. The third kappa shape index (κ3) is 24.9. The van der Waals surface area contributed by atoms with Gasteiger partial charge < -0.3 is 40.3 Å². The maximum Gasteiger partial charge on any atom is 0.490 e. The molecule has 472 valence electrons. The molecule has 3 aliphatic heterocycles. The van der Waals surface area contributed by atoms with Gasteiger partial charge in [0.2, 0.25) is 5.91 Å². The molecule has 29 heteroatoms. The lowest BCUT2D eigenvalue weighted by Gasteiger charge is -2.35. The number of allylic oxidation sites excluding steroid dienone is 2. The van der Waals surface area contributed by atoms with Crippen molar-refractivity contribution in [3.05, 3.63) is 125 Å². The zero-order valence-corrected chi connectivity index (χ0v) is 47.0. The molecule has 2 saturated heterocycles. The molecule has 2 amide bonds. The van der Waals surface area contributed by atoms with E-state index >= 15 is 0 Å². The van der Waals surface area contributed by atoms with Crippen LogP contribution in [-0.2, 0) is 30.5 Å². The SMILES string of the molecule is Cc1cc(/C=C/C=C/c2ccc(N(C)C)cc2)cc(C)[n+]1CCN1CCN(CCCCC2CCN(CC(=O)N3c4ccccc4NC(=O)c4ccccc43)CC2)CC1.O=C(O)C(F)(F)F.O=C(O)C(F)(F)F.O=C(O)C(F)(F)F.O=C([O-])C(F)(F)F. The highest BCUT2D eigenvalue weighted by molar-refractivity contribution is 6.18. The van der Waals surface area contributed by atoms with Crippen molar-refractivity contribution < 1.29 is 106 Å². The average molecular weight is 1240 g/mol. The Bertz CT molecular complexity index is 2830. The van der Waals surface area contributed by atoms with E-state index in [-0.39, 0.29) is 11.8 Å². The van der Waals surface area contributed by atoms with Crippen molar-refractivity contribution in [3.8, 4) is 0 Å². The number of piperidine rings is 1. The normalized spacial score (nSPS) is 15.2. The molecule has 17 nitrogen and oxygen atoms in total. The number of alkyl halides is 12. The number of pyridine rings is 1. The molecule has 2 fully saturated rings. The number of aryl methyl sites for hydroxylation is 2. The predicted molar refractivity (Wildman–Crippen MR) is 291 cm³/mol. The van der Waals surface area contributed by atoms with E-state index in [1.54, 1.807) is 11.0 Å². The Morgan fingerprint density at radius 1 is 0.616 bits per heavy atom. The van der Waals surface area contributed by atoms with Crippen molar-refractivity contribution >= 4 is 70.6 Å². The van der Waals surface area contributed by atoms with E-state index in [0.717, 1.165) is 76.8 Å². The number of nitrogens with zero attached hydrogens (tertiary/aromatic N) is 6. The maximum atomic E-state index is 13.9. The Kier molecular flexibility index (Phi) is 27.7. The largest absolute Gasteiger partial charge is 0.542 e. The third-order valence-electron chi connectivity index (χ3n) is 13.2. The number of halogens is 12. The molecule has 7 rings (SSSR count). The van der Waals surface area contributed by atoms with Crippen LogP contribution in [0.2, 0.25) is 0 Å². The van der Waals surface area contributed by atoms with Gasteiger partial charge in [-0.25, -0.2) is 14.4 Å². The summed E-state index contributed by atoms with van der Waals surface area (Å²) >= 11 is 0. The van der Waals surface area contributed by atoms with Crippen LogP contribution in [0.1, 0.15) is 65.0 Å². The topological polar surface area (TPSA) is 218 Å². The number of nitrogens with one attached hydrogen (secondary N) is 1. The number of para-hydroxylation sites is 3. The van der Waals surface area contributed by atoms with Gasteiger partial charge in [-0.15, -0.1) is 0 Å². The number of carboxylic acids is 4. The highest BCUT2D eigenvalue weighted by Crippen LogP contribution is 2.38. The first-order chi connectivity index (χ1) is 40.0. The first-order valence-electron chi connectivity index (χ1n) is 26.3. The summed E-state index contributed by atoms with van der Waals surface area (Å²) in [4.78, 5) is 73.7. The number of benzene rings is 3. The van der Waals surface area contributed by atoms with Crippen molar-refractivity contribution in [2.24, 2.45) is 5.92 Å². The summed E-state index contributed by atoms with van der Waals surface area (Å²) in [7, 11) is 4.13. The lowest BCUT2D eigenvalue weighted by atomic mass is 9.91. The van der Waals surface area contributed by atoms with E-state index in [1.807, 2.05) is 42.5 Å². The van der Waals surface area contributed by atoms with E-state index in [1.165, 1.54) is 54.0 Å². The second kappa shape index (κ2) is 33.0. The van der Waals surface area contributed by atoms with Gasteiger partial charge in [0.05, 0.1) is 35.7 Å². The highest BCUT2D eigenvalue weighted by Gasteiger charge is 2.40. The van der Waals surface area contributed by atoms with Gasteiger partial charge in [-0.05, 0) is 92.3 Å². The molecule has 4 heterocycles. The standard InChI is InChI=1S/C49H61N7O2.4C2HF3O2/c1-38-35-42(15-6-5-13-40-20-22-43(23-21-40)51(3)4)36-39(2)55(38)34-33-53-31-29-52(30-32-53)26-12-11-14-41-24-27-54(28-25-41)37-48(57)56-46-18-9-7-16-44(46)49(58)50-45-17-8-10-19-47(45)56;4*3-2(4,5)1(6)7/h5-10,13,15-23,35-36,41H,11-12,14,24-34,37H2,1-4H3;4*(H,6,7). The zero-order valence-electron chi connectivity index (χ0n) is 47.0. The lowest BCUT2D eigenvalue weighted by molar-refractivity contribution is -0.708.